The normalized spacial score (nSPS) is 11.9. The molecule has 6 heteroatoms. The third kappa shape index (κ3) is 5.76. The average Bonchev–Trinajstić information content (AvgIpc) is 3.50. The van der Waals surface area contributed by atoms with Crippen molar-refractivity contribution in [3.8, 4) is 0 Å². The molecule has 0 amide bonds. The van der Waals surface area contributed by atoms with E-state index in [1.807, 2.05) is 0 Å². The summed E-state index contributed by atoms with van der Waals surface area (Å²) in [7, 11) is 0. The van der Waals surface area contributed by atoms with E-state index in [-0.39, 0.29) is 0 Å². The zero-order chi connectivity index (χ0) is 27.0. The van der Waals surface area contributed by atoms with Gasteiger partial charge in [0.1, 0.15) is 0 Å². The Kier molecular flexibility index (Phi) is 8.70. The summed E-state index contributed by atoms with van der Waals surface area (Å²) in [6.45, 7) is 6.30. The van der Waals surface area contributed by atoms with Crippen molar-refractivity contribution in [3.05, 3.63) is 97.1 Å². The second-order valence-corrected chi connectivity index (χ2v) is 9.82. The van der Waals surface area contributed by atoms with Gasteiger partial charge in [0.2, 0.25) is 0 Å². The minimum Gasteiger partial charge on any atom is -0.377 e. The summed E-state index contributed by atoms with van der Waals surface area (Å²) in [5.74, 6) is 0. The van der Waals surface area contributed by atoms with E-state index in [2.05, 4.69) is 106 Å². The molecule has 2 heterocycles. The van der Waals surface area contributed by atoms with Crippen LogP contribution in [0.1, 0.15) is 0 Å². The van der Waals surface area contributed by atoms with Crippen LogP contribution in [-0.4, -0.2) is 62.0 Å². The third-order valence-corrected chi connectivity index (χ3v) is 7.39. The molecule has 0 aliphatic heterocycles. The second kappa shape index (κ2) is 13.1. The monoisotopic (exact) mass is 536 g/mol. The molecule has 0 bridgehead atoms. The maximum absolute atomic E-state index is 5.85. The number of fused-ring (bicyclic) bond motifs is 6. The van der Waals surface area contributed by atoms with Crippen LogP contribution in [0.3, 0.4) is 0 Å². The Morgan fingerprint density at radius 2 is 0.575 bits per heavy atom. The quantitative estimate of drug-likeness (QED) is 0.138. The standard InChI is InChI=1S/C34H36N2O4/c1-5-13-31-27(9-1)28-10-2-6-14-32(28)35(31)17-19-37-21-23-39-25-26-40-24-22-38-20-18-36-33-15-7-3-11-29(33)30-12-4-8-16-34(30)36/h1-16H,17-26H2. The lowest BCUT2D eigenvalue weighted by atomic mass is 10.2. The third-order valence-electron chi connectivity index (χ3n) is 7.39. The summed E-state index contributed by atoms with van der Waals surface area (Å²) >= 11 is 0. The number of benzene rings is 4. The molecule has 4 aromatic carbocycles. The molecule has 0 spiro atoms. The van der Waals surface area contributed by atoms with Crippen LogP contribution in [0.2, 0.25) is 0 Å². The Hall–Kier alpha value is -3.68. The highest BCUT2D eigenvalue weighted by molar-refractivity contribution is 6.08. The maximum Gasteiger partial charge on any atom is 0.0701 e. The summed E-state index contributed by atoms with van der Waals surface area (Å²) in [5, 5.41) is 5.15. The van der Waals surface area contributed by atoms with E-state index in [1.54, 1.807) is 0 Å². The van der Waals surface area contributed by atoms with Gasteiger partial charge in [-0.1, -0.05) is 72.8 Å². The number of para-hydroxylation sites is 4. The summed E-state index contributed by atoms with van der Waals surface area (Å²) in [6, 6.07) is 34.2. The lowest BCUT2D eigenvalue weighted by molar-refractivity contribution is -0.00297. The summed E-state index contributed by atoms with van der Waals surface area (Å²) in [4.78, 5) is 0. The van der Waals surface area contributed by atoms with Gasteiger partial charge in [0.05, 0.1) is 52.9 Å². The van der Waals surface area contributed by atoms with Gasteiger partial charge in [0.25, 0.3) is 0 Å². The number of ether oxygens (including phenoxy) is 4. The van der Waals surface area contributed by atoms with Gasteiger partial charge >= 0.3 is 0 Å². The first-order valence-electron chi connectivity index (χ1n) is 14.1. The highest BCUT2D eigenvalue weighted by atomic mass is 16.6. The van der Waals surface area contributed by atoms with Gasteiger partial charge < -0.3 is 28.1 Å². The molecular weight excluding hydrogens is 500 g/mol. The van der Waals surface area contributed by atoms with Crippen molar-refractivity contribution in [1.29, 1.82) is 0 Å². The largest absolute Gasteiger partial charge is 0.377 e. The minimum absolute atomic E-state index is 0.553. The Bertz CT molecular complexity index is 1450. The zero-order valence-corrected chi connectivity index (χ0v) is 22.8. The van der Waals surface area contributed by atoms with Crippen LogP contribution < -0.4 is 0 Å². The van der Waals surface area contributed by atoms with E-state index in [1.165, 1.54) is 43.6 Å². The molecule has 0 unspecified atom stereocenters. The molecule has 2 aromatic heterocycles. The molecule has 0 radical (unpaired) electrons. The smallest absolute Gasteiger partial charge is 0.0701 e. The van der Waals surface area contributed by atoms with Crippen molar-refractivity contribution in [2.45, 2.75) is 13.1 Å². The van der Waals surface area contributed by atoms with Crippen LogP contribution in [-0.2, 0) is 32.0 Å². The average molecular weight is 537 g/mol. The van der Waals surface area contributed by atoms with Crippen molar-refractivity contribution < 1.29 is 18.9 Å². The number of rotatable bonds is 15. The van der Waals surface area contributed by atoms with Crippen LogP contribution >= 0.6 is 0 Å². The molecule has 0 atom stereocenters. The van der Waals surface area contributed by atoms with Crippen LogP contribution in [0, 0.1) is 0 Å². The predicted octanol–water partition coefficient (Wildman–Crippen LogP) is 6.67. The number of hydrogen-bond acceptors (Lipinski definition) is 4. The van der Waals surface area contributed by atoms with Crippen molar-refractivity contribution in [1.82, 2.24) is 9.13 Å². The van der Waals surface area contributed by atoms with Gasteiger partial charge in [-0.3, -0.25) is 0 Å². The van der Waals surface area contributed by atoms with Crippen molar-refractivity contribution in [2.24, 2.45) is 0 Å². The van der Waals surface area contributed by atoms with Crippen molar-refractivity contribution >= 4 is 43.6 Å². The van der Waals surface area contributed by atoms with Gasteiger partial charge in [-0.2, -0.15) is 0 Å². The van der Waals surface area contributed by atoms with Crippen molar-refractivity contribution in [2.75, 3.05) is 52.9 Å². The van der Waals surface area contributed by atoms with Gasteiger partial charge in [-0.05, 0) is 24.3 Å². The number of aromatic nitrogens is 2. The topological polar surface area (TPSA) is 46.8 Å². The highest BCUT2D eigenvalue weighted by Gasteiger charge is 2.10. The van der Waals surface area contributed by atoms with E-state index in [0.29, 0.717) is 52.9 Å². The molecule has 0 aliphatic carbocycles. The molecule has 0 fully saturated rings. The summed E-state index contributed by atoms with van der Waals surface area (Å²) in [6.07, 6.45) is 0. The van der Waals surface area contributed by atoms with E-state index in [0.717, 1.165) is 13.1 Å². The van der Waals surface area contributed by atoms with Gasteiger partial charge in [-0.15, -0.1) is 0 Å². The minimum atomic E-state index is 0.553. The van der Waals surface area contributed by atoms with Crippen LogP contribution in [0.4, 0.5) is 0 Å². The molecular formula is C34H36N2O4. The molecule has 206 valence electrons. The first kappa shape index (κ1) is 26.5. The van der Waals surface area contributed by atoms with Gasteiger partial charge in [-0.25, -0.2) is 0 Å². The Labute approximate surface area is 234 Å². The lowest BCUT2D eigenvalue weighted by Crippen LogP contribution is -2.14. The van der Waals surface area contributed by atoms with Gasteiger partial charge in [0, 0.05) is 56.7 Å². The molecule has 0 saturated heterocycles. The first-order valence-corrected chi connectivity index (χ1v) is 14.1. The van der Waals surface area contributed by atoms with E-state index >= 15 is 0 Å². The van der Waals surface area contributed by atoms with E-state index in [4.69, 9.17) is 18.9 Å². The molecule has 6 aromatic rings. The van der Waals surface area contributed by atoms with Gasteiger partial charge in [0.15, 0.2) is 0 Å². The van der Waals surface area contributed by atoms with E-state index < -0.39 is 0 Å². The maximum atomic E-state index is 5.85. The Morgan fingerprint density at radius 1 is 0.325 bits per heavy atom. The Balaban J connectivity index is 0.827. The molecule has 0 saturated carbocycles. The van der Waals surface area contributed by atoms with Crippen LogP contribution in [0.5, 0.6) is 0 Å². The van der Waals surface area contributed by atoms with Crippen molar-refractivity contribution in [3.63, 3.8) is 0 Å². The van der Waals surface area contributed by atoms with Crippen LogP contribution in [0.25, 0.3) is 43.6 Å². The second-order valence-electron chi connectivity index (χ2n) is 9.82. The molecule has 0 aliphatic rings. The fourth-order valence-electron chi connectivity index (χ4n) is 5.56. The molecule has 6 nitrogen and oxygen atoms in total. The highest BCUT2D eigenvalue weighted by Crippen LogP contribution is 2.29. The fourth-order valence-corrected chi connectivity index (χ4v) is 5.56. The molecule has 40 heavy (non-hydrogen) atoms. The summed E-state index contributed by atoms with van der Waals surface area (Å²) < 4.78 is 27.7. The zero-order valence-electron chi connectivity index (χ0n) is 22.8. The first-order chi connectivity index (χ1) is 19.9. The number of hydrogen-bond donors (Lipinski definition) is 0. The SMILES string of the molecule is c1ccc2c(c1)c1ccccc1n2CCOCCOCCOCCOCCn1c2ccccc2c2ccccc21. The summed E-state index contributed by atoms with van der Waals surface area (Å²) in [5.41, 5.74) is 4.99. The van der Waals surface area contributed by atoms with Crippen LogP contribution in [0.15, 0.2) is 97.1 Å². The molecule has 6 rings (SSSR count). The predicted molar refractivity (Wildman–Crippen MR) is 162 cm³/mol. The molecule has 0 N–H and O–H groups in total. The number of nitrogens with zero attached hydrogens (tertiary/aromatic N) is 2. The fraction of sp³-hybridized carbons (Fsp3) is 0.294. The van der Waals surface area contributed by atoms with E-state index in [9.17, 15) is 0 Å². The lowest BCUT2D eigenvalue weighted by Gasteiger charge is -2.10. The Morgan fingerprint density at radius 3 is 0.875 bits per heavy atom.